The van der Waals surface area contributed by atoms with Crippen LogP contribution in [0, 0.1) is 5.92 Å². The van der Waals surface area contributed by atoms with Crippen LogP contribution in [0.3, 0.4) is 0 Å². The lowest BCUT2D eigenvalue weighted by molar-refractivity contribution is -0.145. The highest BCUT2D eigenvalue weighted by atomic mass is 16.5. The van der Waals surface area contributed by atoms with E-state index in [1.54, 1.807) is 0 Å². The summed E-state index contributed by atoms with van der Waals surface area (Å²) >= 11 is 0. The zero-order chi connectivity index (χ0) is 13.6. The summed E-state index contributed by atoms with van der Waals surface area (Å²) in [6.45, 7) is 4.32. The molecule has 0 spiro atoms. The molecular formula is C16H32O2. The number of unbranched alkanes of at least 4 members (excludes halogenated alkanes) is 8. The first-order valence-corrected chi connectivity index (χ1v) is 7.84. The summed E-state index contributed by atoms with van der Waals surface area (Å²) in [5.74, 6) is 0.0941. The maximum Gasteiger partial charge on any atom is 0.308 e. The van der Waals surface area contributed by atoms with Crippen LogP contribution >= 0.6 is 0 Å². The Hall–Kier alpha value is -0.530. The van der Waals surface area contributed by atoms with Gasteiger partial charge in [0.25, 0.3) is 0 Å². The Morgan fingerprint density at radius 1 is 0.889 bits per heavy atom. The van der Waals surface area contributed by atoms with E-state index >= 15 is 0 Å². The maximum atomic E-state index is 11.4. The Bertz CT molecular complexity index is 190. The Labute approximate surface area is 113 Å². The first-order valence-electron chi connectivity index (χ1n) is 7.84. The molecule has 0 aromatic carbocycles. The predicted octanol–water partition coefficient (Wildman–Crippen LogP) is 5.11. The SMILES string of the molecule is CCCCCCCCCCCC(CC)C(=O)OC. The number of rotatable bonds is 12. The minimum atomic E-state index is -0.0305. The van der Waals surface area contributed by atoms with Crippen LogP contribution in [0.2, 0.25) is 0 Å². The summed E-state index contributed by atoms with van der Waals surface area (Å²) in [5, 5.41) is 0. The minimum absolute atomic E-state index is 0.0305. The van der Waals surface area contributed by atoms with Crippen molar-refractivity contribution in [3.63, 3.8) is 0 Å². The van der Waals surface area contributed by atoms with E-state index in [1.165, 1.54) is 64.9 Å². The van der Waals surface area contributed by atoms with Gasteiger partial charge in [0.15, 0.2) is 0 Å². The van der Waals surface area contributed by atoms with Crippen molar-refractivity contribution >= 4 is 5.97 Å². The van der Waals surface area contributed by atoms with Crippen molar-refractivity contribution in [3.05, 3.63) is 0 Å². The van der Waals surface area contributed by atoms with E-state index in [4.69, 9.17) is 4.74 Å². The molecule has 0 saturated heterocycles. The van der Waals surface area contributed by atoms with Gasteiger partial charge < -0.3 is 4.74 Å². The standard InChI is InChI=1S/C16H32O2/c1-4-6-7-8-9-10-11-12-13-14-15(5-2)16(17)18-3/h15H,4-14H2,1-3H3. The number of carbonyl (C=O) groups is 1. The quantitative estimate of drug-likeness (QED) is 0.358. The van der Waals surface area contributed by atoms with Gasteiger partial charge in [-0.15, -0.1) is 0 Å². The highest BCUT2D eigenvalue weighted by molar-refractivity contribution is 5.72. The van der Waals surface area contributed by atoms with Crippen molar-refractivity contribution < 1.29 is 9.53 Å². The molecular weight excluding hydrogens is 224 g/mol. The topological polar surface area (TPSA) is 26.3 Å². The number of hydrogen-bond donors (Lipinski definition) is 0. The molecule has 2 heteroatoms. The largest absolute Gasteiger partial charge is 0.469 e. The Balaban J connectivity index is 3.31. The van der Waals surface area contributed by atoms with Gasteiger partial charge in [-0.3, -0.25) is 4.79 Å². The molecule has 1 atom stereocenters. The molecule has 0 aliphatic heterocycles. The average molecular weight is 256 g/mol. The van der Waals surface area contributed by atoms with Crippen LogP contribution in [0.4, 0.5) is 0 Å². The molecule has 0 amide bonds. The maximum absolute atomic E-state index is 11.4. The van der Waals surface area contributed by atoms with Gasteiger partial charge in [-0.1, -0.05) is 71.6 Å². The second kappa shape index (κ2) is 12.9. The van der Waals surface area contributed by atoms with Crippen molar-refractivity contribution in [2.45, 2.75) is 84.5 Å². The van der Waals surface area contributed by atoms with Gasteiger partial charge in [0.2, 0.25) is 0 Å². The summed E-state index contributed by atoms with van der Waals surface area (Å²) in [6, 6.07) is 0. The van der Waals surface area contributed by atoms with Crippen molar-refractivity contribution in [1.82, 2.24) is 0 Å². The van der Waals surface area contributed by atoms with E-state index in [-0.39, 0.29) is 11.9 Å². The van der Waals surface area contributed by atoms with E-state index < -0.39 is 0 Å². The molecule has 0 radical (unpaired) electrons. The number of hydrogen-bond acceptors (Lipinski definition) is 2. The highest BCUT2D eigenvalue weighted by Crippen LogP contribution is 2.16. The third-order valence-electron chi connectivity index (χ3n) is 3.68. The van der Waals surface area contributed by atoms with Gasteiger partial charge in [0.1, 0.15) is 0 Å². The molecule has 0 aromatic rings. The fourth-order valence-electron chi connectivity index (χ4n) is 2.36. The smallest absolute Gasteiger partial charge is 0.308 e. The summed E-state index contributed by atoms with van der Waals surface area (Å²) in [5.41, 5.74) is 0. The third-order valence-corrected chi connectivity index (χ3v) is 3.68. The van der Waals surface area contributed by atoms with Crippen LogP contribution in [0.1, 0.15) is 84.5 Å². The molecule has 0 aromatic heterocycles. The molecule has 0 N–H and O–H groups in total. The molecule has 1 unspecified atom stereocenters. The zero-order valence-electron chi connectivity index (χ0n) is 12.7. The van der Waals surface area contributed by atoms with E-state index in [2.05, 4.69) is 13.8 Å². The lowest BCUT2D eigenvalue weighted by atomic mass is 9.98. The Kier molecular flexibility index (Phi) is 12.5. The van der Waals surface area contributed by atoms with Crippen LogP contribution in [0.5, 0.6) is 0 Å². The fourth-order valence-corrected chi connectivity index (χ4v) is 2.36. The summed E-state index contributed by atoms with van der Waals surface area (Å²) in [4.78, 5) is 11.4. The number of ether oxygens (including phenoxy) is 1. The molecule has 0 fully saturated rings. The molecule has 0 heterocycles. The van der Waals surface area contributed by atoms with Gasteiger partial charge in [0.05, 0.1) is 13.0 Å². The van der Waals surface area contributed by atoms with E-state index in [0.717, 1.165) is 12.8 Å². The van der Waals surface area contributed by atoms with Gasteiger partial charge in [-0.2, -0.15) is 0 Å². The summed E-state index contributed by atoms with van der Waals surface area (Å²) in [7, 11) is 1.49. The predicted molar refractivity (Wildman–Crippen MR) is 77.6 cm³/mol. The van der Waals surface area contributed by atoms with E-state index in [1.807, 2.05) is 0 Å². The van der Waals surface area contributed by atoms with Crippen LogP contribution in [-0.4, -0.2) is 13.1 Å². The van der Waals surface area contributed by atoms with E-state index in [0.29, 0.717) is 0 Å². The van der Waals surface area contributed by atoms with Crippen molar-refractivity contribution in [1.29, 1.82) is 0 Å². The second-order valence-electron chi connectivity index (χ2n) is 5.25. The molecule has 0 saturated carbocycles. The van der Waals surface area contributed by atoms with Crippen molar-refractivity contribution in [2.24, 2.45) is 5.92 Å². The van der Waals surface area contributed by atoms with Crippen molar-refractivity contribution in [3.8, 4) is 0 Å². The van der Waals surface area contributed by atoms with E-state index in [9.17, 15) is 4.79 Å². The van der Waals surface area contributed by atoms with Crippen LogP contribution in [-0.2, 0) is 9.53 Å². The van der Waals surface area contributed by atoms with Crippen LogP contribution in [0.15, 0.2) is 0 Å². The lowest BCUT2D eigenvalue weighted by Gasteiger charge is -2.11. The first-order chi connectivity index (χ1) is 8.76. The third kappa shape index (κ3) is 9.49. The Morgan fingerprint density at radius 3 is 1.83 bits per heavy atom. The fraction of sp³-hybridized carbons (Fsp3) is 0.938. The van der Waals surface area contributed by atoms with Gasteiger partial charge >= 0.3 is 5.97 Å². The molecule has 0 aliphatic carbocycles. The minimum Gasteiger partial charge on any atom is -0.469 e. The van der Waals surface area contributed by atoms with Crippen molar-refractivity contribution in [2.75, 3.05) is 7.11 Å². The first kappa shape index (κ1) is 17.5. The zero-order valence-corrected chi connectivity index (χ0v) is 12.7. The normalized spacial score (nSPS) is 12.4. The van der Waals surface area contributed by atoms with Gasteiger partial charge in [-0.05, 0) is 12.8 Å². The second-order valence-corrected chi connectivity index (χ2v) is 5.25. The highest BCUT2D eigenvalue weighted by Gasteiger charge is 2.15. The lowest BCUT2D eigenvalue weighted by Crippen LogP contribution is -2.15. The molecule has 0 rings (SSSR count). The average Bonchev–Trinajstić information content (AvgIpc) is 2.40. The molecule has 18 heavy (non-hydrogen) atoms. The number of esters is 1. The molecule has 0 bridgehead atoms. The van der Waals surface area contributed by atoms with Crippen LogP contribution < -0.4 is 0 Å². The van der Waals surface area contributed by atoms with Gasteiger partial charge in [-0.25, -0.2) is 0 Å². The Morgan fingerprint density at radius 2 is 1.39 bits per heavy atom. The molecule has 0 aliphatic rings. The number of methoxy groups -OCH3 is 1. The summed E-state index contributed by atoms with van der Waals surface area (Å²) in [6.07, 6.45) is 13.9. The molecule has 108 valence electrons. The number of carbonyl (C=O) groups excluding carboxylic acids is 1. The monoisotopic (exact) mass is 256 g/mol. The van der Waals surface area contributed by atoms with Crippen LogP contribution in [0.25, 0.3) is 0 Å². The summed E-state index contributed by atoms with van der Waals surface area (Å²) < 4.78 is 4.80. The van der Waals surface area contributed by atoms with Gasteiger partial charge in [0, 0.05) is 0 Å². The molecule has 2 nitrogen and oxygen atoms in total.